The summed E-state index contributed by atoms with van der Waals surface area (Å²) in [6.07, 6.45) is 8.01. The number of benzene rings is 1. The standard InChI is InChI=1S/C19H31N3O3S/c1-14(13-21-17-10-6-7-11-18(17)26(2,24)25)22-19(23)16(20)12-15-8-4-3-5-9-15/h6-7,10-11,14-16,21H,3-5,8-9,12-13,20H2,1-2H3,(H,22,23)/t14-,16-/m0/s1. The van der Waals surface area contributed by atoms with E-state index in [1.54, 1.807) is 24.3 Å². The third-order valence-electron chi connectivity index (χ3n) is 4.92. The van der Waals surface area contributed by atoms with Crippen molar-refractivity contribution in [3.05, 3.63) is 24.3 Å². The smallest absolute Gasteiger partial charge is 0.237 e. The van der Waals surface area contributed by atoms with Gasteiger partial charge in [0.15, 0.2) is 9.84 Å². The molecule has 0 radical (unpaired) electrons. The molecule has 0 spiro atoms. The van der Waals surface area contributed by atoms with Crippen LogP contribution in [0.3, 0.4) is 0 Å². The molecule has 0 heterocycles. The summed E-state index contributed by atoms with van der Waals surface area (Å²) in [7, 11) is -3.30. The second-order valence-corrected chi connectivity index (χ2v) is 9.39. The highest BCUT2D eigenvalue weighted by molar-refractivity contribution is 7.90. The number of sulfone groups is 1. The normalized spacial score (nSPS) is 18.1. The van der Waals surface area contributed by atoms with Crippen LogP contribution in [-0.2, 0) is 14.6 Å². The second kappa shape index (κ2) is 9.37. The molecule has 1 aromatic rings. The van der Waals surface area contributed by atoms with Crippen LogP contribution in [0, 0.1) is 5.92 Å². The van der Waals surface area contributed by atoms with E-state index in [4.69, 9.17) is 5.73 Å². The van der Waals surface area contributed by atoms with Gasteiger partial charge < -0.3 is 16.4 Å². The molecule has 1 aliphatic carbocycles. The summed E-state index contributed by atoms with van der Waals surface area (Å²) >= 11 is 0. The van der Waals surface area contributed by atoms with Gasteiger partial charge in [-0.1, -0.05) is 44.2 Å². The summed E-state index contributed by atoms with van der Waals surface area (Å²) in [4.78, 5) is 12.6. The van der Waals surface area contributed by atoms with Crippen LogP contribution in [0.15, 0.2) is 29.2 Å². The number of anilines is 1. The fraction of sp³-hybridized carbons (Fsp3) is 0.632. The minimum absolute atomic E-state index is 0.138. The number of hydrogen-bond donors (Lipinski definition) is 3. The van der Waals surface area contributed by atoms with Gasteiger partial charge in [0.1, 0.15) is 0 Å². The zero-order valence-electron chi connectivity index (χ0n) is 15.7. The van der Waals surface area contributed by atoms with E-state index in [1.165, 1.54) is 38.4 Å². The van der Waals surface area contributed by atoms with E-state index in [-0.39, 0.29) is 16.8 Å². The van der Waals surface area contributed by atoms with Crippen molar-refractivity contribution in [2.75, 3.05) is 18.1 Å². The van der Waals surface area contributed by atoms with Crippen molar-refractivity contribution in [2.24, 2.45) is 11.7 Å². The summed E-state index contributed by atoms with van der Waals surface area (Å²) < 4.78 is 23.7. The van der Waals surface area contributed by atoms with E-state index in [0.717, 1.165) is 6.42 Å². The second-order valence-electron chi connectivity index (χ2n) is 7.41. The average molecular weight is 382 g/mol. The van der Waals surface area contributed by atoms with Crippen LogP contribution in [0.2, 0.25) is 0 Å². The van der Waals surface area contributed by atoms with Gasteiger partial charge in [0.05, 0.1) is 16.6 Å². The molecule has 0 aromatic heterocycles. The van der Waals surface area contributed by atoms with E-state index < -0.39 is 15.9 Å². The molecule has 146 valence electrons. The van der Waals surface area contributed by atoms with Crippen LogP contribution in [0.1, 0.15) is 45.4 Å². The first kappa shape index (κ1) is 20.7. The minimum atomic E-state index is -3.30. The maximum absolute atomic E-state index is 12.3. The highest BCUT2D eigenvalue weighted by Gasteiger charge is 2.22. The first-order chi connectivity index (χ1) is 12.3. The zero-order chi connectivity index (χ0) is 19.2. The molecule has 6 nitrogen and oxygen atoms in total. The minimum Gasteiger partial charge on any atom is -0.382 e. The van der Waals surface area contributed by atoms with Gasteiger partial charge in [-0.3, -0.25) is 4.79 Å². The Morgan fingerprint density at radius 1 is 1.23 bits per heavy atom. The molecule has 1 aromatic carbocycles. The lowest BCUT2D eigenvalue weighted by Gasteiger charge is -2.25. The Morgan fingerprint density at radius 2 is 1.88 bits per heavy atom. The summed E-state index contributed by atoms with van der Waals surface area (Å²) in [5.41, 5.74) is 6.62. The molecule has 0 bridgehead atoms. The first-order valence-corrected chi connectivity index (χ1v) is 11.3. The monoisotopic (exact) mass is 381 g/mol. The molecule has 0 unspecified atom stereocenters. The van der Waals surface area contributed by atoms with Crippen molar-refractivity contribution in [1.82, 2.24) is 5.32 Å². The Balaban J connectivity index is 1.83. The molecule has 7 heteroatoms. The largest absolute Gasteiger partial charge is 0.382 e. The van der Waals surface area contributed by atoms with Gasteiger partial charge in [0, 0.05) is 18.8 Å². The lowest BCUT2D eigenvalue weighted by atomic mass is 9.85. The number of nitrogens with one attached hydrogen (secondary N) is 2. The number of rotatable bonds is 8. The number of amides is 1. The molecule has 1 amide bonds. The Hall–Kier alpha value is -1.60. The fourth-order valence-electron chi connectivity index (χ4n) is 3.49. The highest BCUT2D eigenvalue weighted by Crippen LogP contribution is 2.27. The summed E-state index contributed by atoms with van der Waals surface area (Å²) in [6.45, 7) is 2.30. The number of para-hydroxylation sites is 1. The van der Waals surface area contributed by atoms with Crippen LogP contribution in [0.5, 0.6) is 0 Å². The Bertz CT molecular complexity index is 700. The van der Waals surface area contributed by atoms with Crippen LogP contribution in [0.25, 0.3) is 0 Å². The summed E-state index contributed by atoms with van der Waals surface area (Å²) in [5, 5.41) is 6.03. The molecular weight excluding hydrogens is 350 g/mol. The number of carbonyl (C=O) groups is 1. The van der Waals surface area contributed by atoms with E-state index in [1.807, 2.05) is 6.92 Å². The molecular formula is C19H31N3O3S. The molecule has 2 atom stereocenters. The molecule has 1 saturated carbocycles. The lowest BCUT2D eigenvalue weighted by molar-refractivity contribution is -0.123. The van der Waals surface area contributed by atoms with E-state index in [9.17, 15) is 13.2 Å². The van der Waals surface area contributed by atoms with Crippen molar-refractivity contribution in [2.45, 2.75) is 62.4 Å². The van der Waals surface area contributed by atoms with Gasteiger partial charge in [-0.25, -0.2) is 8.42 Å². The Kier molecular flexibility index (Phi) is 7.46. The molecule has 4 N–H and O–H groups in total. The van der Waals surface area contributed by atoms with Crippen molar-refractivity contribution in [1.29, 1.82) is 0 Å². The van der Waals surface area contributed by atoms with E-state index >= 15 is 0 Å². The topological polar surface area (TPSA) is 101 Å². The predicted molar refractivity (Wildman–Crippen MR) is 105 cm³/mol. The molecule has 2 rings (SSSR count). The number of hydrogen-bond acceptors (Lipinski definition) is 5. The molecule has 0 aliphatic heterocycles. The SMILES string of the molecule is C[C@@H](CNc1ccccc1S(C)(=O)=O)NC(=O)[C@@H](N)CC1CCCCC1. The van der Waals surface area contributed by atoms with Gasteiger partial charge in [0.25, 0.3) is 0 Å². The highest BCUT2D eigenvalue weighted by atomic mass is 32.2. The summed E-state index contributed by atoms with van der Waals surface area (Å²) in [6, 6.07) is 6.12. The molecule has 26 heavy (non-hydrogen) atoms. The number of nitrogens with two attached hydrogens (primary N) is 1. The van der Waals surface area contributed by atoms with Crippen LogP contribution in [0.4, 0.5) is 5.69 Å². The van der Waals surface area contributed by atoms with Crippen molar-refractivity contribution < 1.29 is 13.2 Å². The van der Waals surface area contributed by atoms with Gasteiger partial charge in [-0.15, -0.1) is 0 Å². The van der Waals surface area contributed by atoms with Crippen molar-refractivity contribution >= 4 is 21.4 Å². The third kappa shape index (κ3) is 6.29. The van der Waals surface area contributed by atoms with Gasteiger partial charge in [-0.05, 0) is 31.4 Å². The van der Waals surface area contributed by atoms with Crippen LogP contribution >= 0.6 is 0 Å². The van der Waals surface area contributed by atoms with Crippen molar-refractivity contribution in [3.63, 3.8) is 0 Å². The van der Waals surface area contributed by atoms with Gasteiger partial charge in [0.2, 0.25) is 5.91 Å². The fourth-order valence-corrected chi connectivity index (χ4v) is 4.35. The molecule has 1 fully saturated rings. The van der Waals surface area contributed by atoms with Gasteiger partial charge >= 0.3 is 0 Å². The molecule has 0 saturated heterocycles. The van der Waals surface area contributed by atoms with Gasteiger partial charge in [-0.2, -0.15) is 0 Å². The predicted octanol–water partition coefficient (Wildman–Crippen LogP) is 2.30. The van der Waals surface area contributed by atoms with Crippen LogP contribution < -0.4 is 16.4 Å². The lowest BCUT2D eigenvalue weighted by Crippen LogP contribution is -2.47. The van der Waals surface area contributed by atoms with E-state index in [0.29, 0.717) is 18.2 Å². The maximum Gasteiger partial charge on any atom is 0.237 e. The maximum atomic E-state index is 12.3. The zero-order valence-corrected chi connectivity index (χ0v) is 16.5. The Labute approximate surface area is 156 Å². The average Bonchev–Trinajstić information content (AvgIpc) is 2.60. The van der Waals surface area contributed by atoms with E-state index in [2.05, 4.69) is 10.6 Å². The Morgan fingerprint density at radius 3 is 2.54 bits per heavy atom. The molecule has 1 aliphatic rings. The third-order valence-corrected chi connectivity index (χ3v) is 6.08. The van der Waals surface area contributed by atoms with Crippen molar-refractivity contribution in [3.8, 4) is 0 Å². The number of carbonyl (C=O) groups excluding carboxylic acids is 1. The first-order valence-electron chi connectivity index (χ1n) is 9.36. The quantitative estimate of drug-likeness (QED) is 0.641. The van der Waals surface area contributed by atoms with Crippen LogP contribution in [-0.4, -0.2) is 39.2 Å². The summed E-state index contributed by atoms with van der Waals surface area (Å²) in [5.74, 6) is 0.417.